The Bertz CT molecular complexity index is 1840. The van der Waals surface area contributed by atoms with Crippen molar-refractivity contribution in [3.8, 4) is 5.75 Å². The van der Waals surface area contributed by atoms with Crippen molar-refractivity contribution in [3.05, 3.63) is 113 Å². The summed E-state index contributed by atoms with van der Waals surface area (Å²) < 4.78 is 5.39. The number of carbonyl (C=O) groups is 4. The molecule has 4 amide bonds. The van der Waals surface area contributed by atoms with E-state index in [0.717, 1.165) is 47.9 Å². The number of benzene rings is 3. The van der Waals surface area contributed by atoms with Gasteiger partial charge in [0.1, 0.15) is 17.8 Å². The van der Waals surface area contributed by atoms with Crippen LogP contribution in [0.3, 0.4) is 0 Å². The van der Waals surface area contributed by atoms with E-state index in [-0.39, 0.29) is 30.0 Å². The summed E-state index contributed by atoms with van der Waals surface area (Å²) in [6, 6.07) is 21.7. The highest BCUT2D eigenvalue weighted by molar-refractivity contribution is 5.99. The zero-order valence-corrected chi connectivity index (χ0v) is 29.4. The third-order valence-corrected chi connectivity index (χ3v) is 10.0. The van der Waals surface area contributed by atoms with Crippen LogP contribution < -0.4 is 15.4 Å². The van der Waals surface area contributed by atoms with Crippen LogP contribution in [-0.2, 0) is 25.6 Å². The molecule has 3 aliphatic rings. The lowest BCUT2D eigenvalue weighted by atomic mass is 9.95. The van der Waals surface area contributed by atoms with Crippen molar-refractivity contribution in [1.29, 1.82) is 0 Å². The molecular weight excluding hydrogens is 640 g/mol. The second-order valence-electron chi connectivity index (χ2n) is 13.4. The van der Waals surface area contributed by atoms with Crippen molar-refractivity contribution in [1.82, 2.24) is 9.80 Å². The molecule has 3 aromatic rings. The Labute approximate surface area is 300 Å². The number of hydrogen-bond donors (Lipinski definition) is 2. The maximum Gasteiger partial charge on any atom is 0.247 e. The molecule has 2 atom stereocenters. The van der Waals surface area contributed by atoms with E-state index in [2.05, 4.69) is 22.8 Å². The van der Waals surface area contributed by atoms with Crippen LogP contribution in [0.2, 0.25) is 0 Å². The highest BCUT2D eigenvalue weighted by atomic mass is 16.5. The van der Waals surface area contributed by atoms with E-state index in [1.807, 2.05) is 91.9 Å². The first-order chi connectivity index (χ1) is 24.8. The van der Waals surface area contributed by atoms with Gasteiger partial charge in [0.15, 0.2) is 0 Å². The Balaban J connectivity index is 0.987. The number of ether oxygens (including phenoxy) is 1. The molecule has 0 spiro atoms. The van der Waals surface area contributed by atoms with E-state index in [1.54, 1.807) is 16.9 Å². The number of amides is 4. The molecular formula is C42H46N4O5. The second kappa shape index (κ2) is 16.5. The first-order valence-corrected chi connectivity index (χ1v) is 17.8. The fourth-order valence-electron chi connectivity index (χ4n) is 7.13. The van der Waals surface area contributed by atoms with Crippen LogP contribution in [0.15, 0.2) is 96.1 Å². The molecule has 2 aliphatic heterocycles. The van der Waals surface area contributed by atoms with Gasteiger partial charge in [0.2, 0.25) is 23.6 Å². The van der Waals surface area contributed by atoms with Crippen molar-refractivity contribution in [2.75, 3.05) is 30.8 Å². The lowest BCUT2D eigenvalue weighted by Crippen LogP contribution is -2.43. The fraction of sp³-hybridized carbons (Fsp3) is 0.333. The first kappa shape index (κ1) is 35.4. The van der Waals surface area contributed by atoms with Crippen molar-refractivity contribution in [2.45, 2.75) is 70.4 Å². The summed E-state index contributed by atoms with van der Waals surface area (Å²) in [7, 11) is 1.59. The quantitative estimate of drug-likeness (QED) is 0.211. The third kappa shape index (κ3) is 8.84. The summed E-state index contributed by atoms with van der Waals surface area (Å²) in [5.41, 5.74) is 6.42. The van der Waals surface area contributed by atoms with Gasteiger partial charge in [0.25, 0.3) is 0 Å². The van der Waals surface area contributed by atoms with Crippen LogP contribution in [0, 0.1) is 0 Å². The van der Waals surface area contributed by atoms with E-state index in [0.29, 0.717) is 49.5 Å². The highest BCUT2D eigenvalue weighted by Crippen LogP contribution is 2.27. The minimum Gasteiger partial charge on any atom is -0.496 e. The minimum atomic E-state index is -0.509. The van der Waals surface area contributed by atoms with Gasteiger partial charge in [-0.25, -0.2) is 0 Å². The standard InChI is InChI=1S/C42H46N4O5/c1-29-9-3-4-10-32(29)27-39(47)45-25-7-12-36(45)41(49)43-34-21-17-30(18-22-34)15-16-31-19-23-35(24-20-31)44-42(50)37-13-8-26-46(37)40(48)28-33-11-5-6-14-38(33)51-2/h3,5-6,9,11,14-24,36-37H,4,7-8,10,12-13,25-28H2,1-2H3,(H,43,49)(H,44,50)/b16-15+/t36?,37-/m0/s1. The molecule has 0 radical (unpaired) electrons. The number of anilines is 2. The van der Waals surface area contributed by atoms with Crippen LogP contribution in [0.5, 0.6) is 5.75 Å². The lowest BCUT2D eigenvalue weighted by molar-refractivity contribution is -0.136. The summed E-state index contributed by atoms with van der Waals surface area (Å²) in [5, 5.41) is 5.99. The van der Waals surface area contributed by atoms with E-state index >= 15 is 0 Å². The van der Waals surface area contributed by atoms with Gasteiger partial charge >= 0.3 is 0 Å². The normalized spacial score (nSPS) is 18.7. The number of para-hydroxylation sites is 1. The number of nitrogens with one attached hydrogen (secondary N) is 2. The number of carbonyl (C=O) groups excluding carboxylic acids is 4. The number of nitrogens with zero attached hydrogens (tertiary/aromatic N) is 2. The molecule has 51 heavy (non-hydrogen) atoms. The minimum absolute atomic E-state index is 0.0290. The molecule has 2 fully saturated rings. The van der Waals surface area contributed by atoms with Gasteiger partial charge in [0.05, 0.1) is 13.5 Å². The SMILES string of the molecule is COc1ccccc1CC(=O)N1CCC[C@H]1C(=O)Nc1ccc(/C=C/c2ccc(NC(=O)C3CCCN3C(=O)CC3=C(C)C=CCC3)cc2)cc1. The molecule has 264 valence electrons. The predicted octanol–water partition coefficient (Wildman–Crippen LogP) is 7.02. The molecule has 0 aromatic heterocycles. The number of rotatable bonds is 11. The number of likely N-dealkylation sites (tertiary alicyclic amines) is 2. The van der Waals surface area contributed by atoms with Gasteiger partial charge in [-0.2, -0.15) is 0 Å². The van der Waals surface area contributed by atoms with Crippen LogP contribution in [0.4, 0.5) is 11.4 Å². The summed E-state index contributed by atoms with van der Waals surface area (Å²) in [5.74, 6) is 0.274. The average molecular weight is 687 g/mol. The molecule has 1 unspecified atom stereocenters. The van der Waals surface area contributed by atoms with Gasteiger partial charge in [-0.05, 0) is 86.9 Å². The van der Waals surface area contributed by atoms with Crippen molar-refractivity contribution in [3.63, 3.8) is 0 Å². The Morgan fingerprint density at radius 3 is 1.80 bits per heavy atom. The zero-order valence-electron chi connectivity index (χ0n) is 29.4. The number of allylic oxidation sites excluding steroid dienone is 3. The smallest absolute Gasteiger partial charge is 0.247 e. The fourth-order valence-corrected chi connectivity index (χ4v) is 7.13. The molecule has 0 saturated carbocycles. The molecule has 2 heterocycles. The Morgan fingerprint density at radius 1 is 0.745 bits per heavy atom. The monoisotopic (exact) mass is 686 g/mol. The topological polar surface area (TPSA) is 108 Å². The number of methoxy groups -OCH3 is 1. The van der Waals surface area contributed by atoms with Gasteiger partial charge in [-0.1, -0.05) is 77.9 Å². The summed E-state index contributed by atoms with van der Waals surface area (Å²) in [6.07, 6.45) is 13.5. The van der Waals surface area contributed by atoms with E-state index < -0.39 is 12.1 Å². The van der Waals surface area contributed by atoms with Crippen LogP contribution in [0.1, 0.15) is 68.6 Å². The maximum absolute atomic E-state index is 13.2. The summed E-state index contributed by atoms with van der Waals surface area (Å²) in [4.78, 5) is 56.1. The highest BCUT2D eigenvalue weighted by Gasteiger charge is 2.35. The van der Waals surface area contributed by atoms with Crippen molar-refractivity contribution in [2.24, 2.45) is 0 Å². The third-order valence-electron chi connectivity index (χ3n) is 10.0. The van der Waals surface area contributed by atoms with Gasteiger partial charge in [-0.15, -0.1) is 0 Å². The summed E-state index contributed by atoms with van der Waals surface area (Å²) in [6.45, 7) is 3.22. The molecule has 2 saturated heterocycles. The second-order valence-corrected chi connectivity index (χ2v) is 13.4. The molecule has 0 bridgehead atoms. The van der Waals surface area contributed by atoms with Gasteiger partial charge in [-0.3, -0.25) is 19.2 Å². The van der Waals surface area contributed by atoms with Crippen molar-refractivity contribution >= 4 is 47.2 Å². The predicted molar refractivity (Wildman–Crippen MR) is 201 cm³/mol. The van der Waals surface area contributed by atoms with Crippen LogP contribution in [0.25, 0.3) is 12.2 Å². The molecule has 1 aliphatic carbocycles. The van der Waals surface area contributed by atoms with Crippen LogP contribution in [-0.4, -0.2) is 65.7 Å². The molecule has 9 nitrogen and oxygen atoms in total. The summed E-state index contributed by atoms with van der Waals surface area (Å²) >= 11 is 0. The Kier molecular flexibility index (Phi) is 11.5. The van der Waals surface area contributed by atoms with Gasteiger partial charge in [0, 0.05) is 36.4 Å². The average Bonchev–Trinajstić information content (AvgIpc) is 3.85. The molecule has 2 N–H and O–H groups in total. The molecule has 9 heteroatoms. The molecule has 3 aromatic carbocycles. The number of hydrogen-bond acceptors (Lipinski definition) is 5. The largest absolute Gasteiger partial charge is 0.496 e. The van der Waals surface area contributed by atoms with Crippen molar-refractivity contribution < 1.29 is 23.9 Å². The Hall–Kier alpha value is -5.44. The van der Waals surface area contributed by atoms with Crippen LogP contribution >= 0.6 is 0 Å². The van der Waals surface area contributed by atoms with Gasteiger partial charge < -0.3 is 25.2 Å². The van der Waals surface area contributed by atoms with E-state index in [4.69, 9.17) is 4.74 Å². The lowest BCUT2D eigenvalue weighted by Gasteiger charge is -2.25. The zero-order chi connectivity index (χ0) is 35.7. The van der Waals surface area contributed by atoms with E-state index in [9.17, 15) is 19.2 Å². The first-order valence-electron chi connectivity index (χ1n) is 17.8. The van der Waals surface area contributed by atoms with E-state index in [1.165, 1.54) is 5.57 Å². The maximum atomic E-state index is 13.2. The molecule has 6 rings (SSSR count). The Morgan fingerprint density at radius 2 is 1.27 bits per heavy atom.